The predicted octanol–water partition coefficient (Wildman–Crippen LogP) is 4.69. The van der Waals surface area contributed by atoms with Crippen molar-refractivity contribution in [2.45, 2.75) is 75.8 Å². The predicted molar refractivity (Wildman–Crippen MR) is 90.9 cm³/mol. The zero-order valence-corrected chi connectivity index (χ0v) is 13.8. The minimum absolute atomic E-state index is 0.0564. The number of nitrogens with zero attached hydrogens (tertiary/aromatic N) is 2. The Kier molecular flexibility index (Phi) is 5.00. The van der Waals surface area contributed by atoms with Crippen LogP contribution in [0.5, 0.6) is 0 Å². The van der Waals surface area contributed by atoms with E-state index < -0.39 is 5.54 Å². The van der Waals surface area contributed by atoms with E-state index >= 15 is 0 Å². The van der Waals surface area contributed by atoms with E-state index in [1.165, 1.54) is 25.7 Å². The lowest BCUT2D eigenvalue weighted by Gasteiger charge is -2.47. The molecule has 1 amide bonds. The van der Waals surface area contributed by atoms with Gasteiger partial charge in [-0.3, -0.25) is 4.79 Å². The van der Waals surface area contributed by atoms with Crippen LogP contribution in [0.25, 0.3) is 0 Å². The van der Waals surface area contributed by atoms with Crippen molar-refractivity contribution in [3.05, 3.63) is 35.9 Å². The lowest BCUT2D eigenvalue weighted by molar-refractivity contribution is 0.0263. The number of carbonyl (C=O) groups excluding carboxylic acids is 1. The molecule has 1 aromatic rings. The van der Waals surface area contributed by atoms with Gasteiger partial charge in [0.25, 0.3) is 5.91 Å². The molecule has 2 aliphatic carbocycles. The van der Waals surface area contributed by atoms with Gasteiger partial charge in [-0.2, -0.15) is 5.26 Å². The number of benzene rings is 1. The molecule has 0 unspecified atom stereocenters. The van der Waals surface area contributed by atoms with E-state index in [0.29, 0.717) is 0 Å². The lowest BCUT2D eigenvalue weighted by atomic mass is 9.78. The van der Waals surface area contributed by atoms with Gasteiger partial charge in [-0.1, -0.05) is 56.7 Å². The molecule has 0 aliphatic heterocycles. The molecule has 2 saturated carbocycles. The fourth-order valence-electron chi connectivity index (χ4n) is 4.31. The van der Waals surface area contributed by atoms with Crippen molar-refractivity contribution in [2.75, 3.05) is 0 Å². The molecule has 0 saturated heterocycles. The third-order valence-electron chi connectivity index (χ3n) is 5.53. The van der Waals surface area contributed by atoms with Crippen molar-refractivity contribution in [3.8, 4) is 6.07 Å². The average Bonchev–Trinajstić information content (AvgIpc) is 2.64. The summed E-state index contributed by atoms with van der Waals surface area (Å²) in [4.78, 5) is 15.3. The molecule has 3 nitrogen and oxygen atoms in total. The SMILES string of the molecule is N#CC1(N(C(=O)c2ccccc2)C2CCCCC2)CCCCC1. The third kappa shape index (κ3) is 3.27. The molecule has 0 atom stereocenters. The quantitative estimate of drug-likeness (QED) is 0.813. The number of nitriles is 1. The van der Waals surface area contributed by atoms with Crippen molar-refractivity contribution < 1.29 is 4.79 Å². The third-order valence-corrected chi connectivity index (χ3v) is 5.53. The highest BCUT2D eigenvalue weighted by atomic mass is 16.2. The first-order chi connectivity index (χ1) is 11.3. The topological polar surface area (TPSA) is 44.1 Å². The molecule has 0 bridgehead atoms. The maximum Gasteiger partial charge on any atom is 0.255 e. The summed E-state index contributed by atoms with van der Waals surface area (Å²) in [6.07, 6.45) is 10.6. The summed E-state index contributed by atoms with van der Waals surface area (Å²) in [5.41, 5.74) is 0.131. The molecule has 0 heterocycles. The van der Waals surface area contributed by atoms with Gasteiger partial charge in [0.1, 0.15) is 5.54 Å². The largest absolute Gasteiger partial charge is 0.317 e. The first-order valence-corrected chi connectivity index (χ1v) is 9.07. The van der Waals surface area contributed by atoms with Crippen molar-refractivity contribution in [2.24, 2.45) is 0 Å². The Morgan fingerprint density at radius 2 is 1.61 bits per heavy atom. The van der Waals surface area contributed by atoms with Gasteiger partial charge in [0.15, 0.2) is 0 Å². The first-order valence-electron chi connectivity index (χ1n) is 9.07. The van der Waals surface area contributed by atoms with E-state index in [1.54, 1.807) is 0 Å². The van der Waals surface area contributed by atoms with E-state index in [0.717, 1.165) is 44.1 Å². The molecule has 0 N–H and O–H groups in total. The summed E-state index contributed by atoms with van der Waals surface area (Å²) >= 11 is 0. The fraction of sp³-hybridized carbons (Fsp3) is 0.600. The summed E-state index contributed by atoms with van der Waals surface area (Å²) in [6, 6.07) is 12.3. The molecular weight excluding hydrogens is 284 g/mol. The van der Waals surface area contributed by atoms with E-state index in [9.17, 15) is 10.1 Å². The maximum absolute atomic E-state index is 13.3. The molecule has 0 spiro atoms. The van der Waals surface area contributed by atoms with Gasteiger partial charge in [-0.05, 0) is 37.8 Å². The van der Waals surface area contributed by atoms with Crippen molar-refractivity contribution >= 4 is 5.91 Å². The average molecular weight is 310 g/mol. The van der Waals surface area contributed by atoms with Crippen LogP contribution in [0.15, 0.2) is 30.3 Å². The van der Waals surface area contributed by atoms with Gasteiger partial charge in [0.05, 0.1) is 6.07 Å². The van der Waals surface area contributed by atoms with Gasteiger partial charge in [0, 0.05) is 11.6 Å². The Hall–Kier alpha value is -1.82. The number of amides is 1. The molecule has 1 aromatic carbocycles. The second kappa shape index (κ2) is 7.17. The molecule has 0 radical (unpaired) electrons. The molecule has 3 heteroatoms. The summed E-state index contributed by atoms with van der Waals surface area (Å²) in [7, 11) is 0. The van der Waals surface area contributed by atoms with Crippen LogP contribution >= 0.6 is 0 Å². The zero-order chi connectivity index (χ0) is 16.1. The van der Waals surface area contributed by atoms with Gasteiger partial charge < -0.3 is 4.90 Å². The molecule has 23 heavy (non-hydrogen) atoms. The Bertz CT molecular complexity index is 563. The second-order valence-corrected chi connectivity index (χ2v) is 7.04. The van der Waals surface area contributed by atoms with Crippen molar-refractivity contribution in [1.82, 2.24) is 4.90 Å². The molecule has 2 fully saturated rings. The summed E-state index contributed by atoms with van der Waals surface area (Å²) in [6.45, 7) is 0. The van der Waals surface area contributed by atoms with Crippen LogP contribution in [0, 0.1) is 11.3 Å². The number of hydrogen-bond acceptors (Lipinski definition) is 2. The molecule has 2 aliphatic rings. The highest BCUT2D eigenvalue weighted by Crippen LogP contribution is 2.38. The molecular formula is C20H26N2O. The van der Waals surface area contributed by atoms with Crippen LogP contribution in [0.3, 0.4) is 0 Å². The molecule has 3 rings (SSSR count). The van der Waals surface area contributed by atoms with Crippen LogP contribution in [-0.2, 0) is 0 Å². The van der Waals surface area contributed by atoms with Gasteiger partial charge in [-0.25, -0.2) is 0 Å². The second-order valence-electron chi connectivity index (χ2n) is 7.04. The summed E-state index contributed by atoms with van der Waals surface area (Å²) < 4.78 is 0. The zero-order valence-electron chi connectivity index (χ0n) is 13.8. The Morgan fingerprint density at radius 3 is 2.22 bits per heavy atom. The number of hydrogen-bond donors (Lipinski definition) is 0. The van der Waals surface area contributed by atoms with Crippen molar-refractivity contribution in [1.29, 1.82) is 5.26 Å². The Morgan fingerprint density at radius 1 is 1.00 bits per heavy atom. The summed E-state index contributed by atoms with van der Waals surface area (Å²) in [5, 5.41) is 9.99. The van der Waals surface area contributed by atoms with Crippen LogP contribution in [0.4, 0.5) is 0 Å². The van der Waals surface area contributed by atoms with E-state index in [4.69, 9.17) is 0 Å². The Labute approximate surface area is 139 Å². The van der Waals surface area contributed by atoms with E-state index in [2.05, 4.69) is 6.07 Å². The minimum Gasteiger partial charge on any atom is -0.317 e. The number of carbonyl (C=O) groups is 1. The monoisotopic (exact) mass is 310 g/mol. The van der Waals surface area contributed by atoms with Crippen LogP contribution in [-0.4, -0.2) is 22.4 Å². The summed E-state index contributed by atoms with van der Waals surface area (Å²) in [5.74, 6) is 0.0564. The molecule has 122 valence electrons. The highest BCUT2D eigenvalue weighted by Gasteiger charge is 2.44. The van der Waals surface area contributed by atoms with Crippen LogP contribution in [0.2, 0.25) is 0 Å². The van der Waals surface area contributed by atoms with E-state index in [-0.39, 0.29) is 11.9 Å². The normalized spacial score (nSPS) is 21.3. The highest BCUT2D eigenvalue weighted by molar-refractivity contribution is 5.95. The van der Waals surface area contributed by atoms with Gasteiger partial charge in [0.2, 0.25) is 0 Å². The van der Waals surface area contributed by atoms with E-state index in [1.807, 2.05) is 35.2 Å². The number of rotatable bonds is 3. The maximum atomic E-state index is 13.3. The lowest BCUT2D eigenvalue weighted by Crippen LogP contribution is -2.57. The smallest absolute Gasteiger partial charge is 0.255 e. The fourth-order valence-corrected chi connectivity index (χ4v) is 4.31. The van der Waals surface area contributed by atoms with Crippen LogP contribution < -0.4 is 0 Å². The van der Waals surface area contributed by atoms with Gasteiger partial charge >= 0.3 is 0 Å². The van der Waals surface area contributed by atoms with Crippen molar-refractivity contribution in [3.63, 3.8) is 0 Å². The van der Waals surface area contributed by atoms with Gasteiger partial charge in [-0.15, -0.1) is 0 Å². The first kappa shape index (κ1) is 16.1. The standard InChI is InChI=1S/C20H26N2O/c21-16-20(14-8-3-9-15-20)22(18-12-6-2-7-13-18)19(23)17-10-4-1-5-11-17/h1,4-5,10-11,18H,2-3,6-9,12-15H2. The minimum atomic E-state index is -0.590. The van der Waals surface area contributed by atoms with Crippen LogP contribution in [0.1, 0.15) is 74.6 Å². The Balaban J connectivity index is 1.96. The molecule has 0 aromatic heterocycles.